The summed E-state index contributed by atoms with van der Waals surface area (Å²) in [6.07, 6.45) is 7.49. The van der Waals surface area contributed by atoms with Gasteiger partial charge in [-0.05, 0) is 64.3 Å². The zero-order chi connectivity index (χ0) is 20.7. The van der Waals surface area contributed by atoms with Gasteiger partial charge in [0.15, 0.2) is 0 Å². The Bertz CT molecular complexity index is 779. The van der Waals surface area contributed by atoms with Crippen molar-refractivity contribution in [2.45, 2.75) is 47.6 Å². The van der Waals surface area contributed by atoms with E-state index < -0.39 is 11.9 Å². The molecule has 0 fully saturated rings. The Hall–Kier alpha value is -2.82. The molecule has 0 amide bonds. The summed E-state index contributed by atoms with van der Waals surface area (Å²) >= 11 is 0. The highest BCUT2D eigenvalue weighted by atomic mass is 16.4. The van der Waals surface area contributed by atoms with E-state index in [2.05, 4.69) is 28.8 Å². The van der Waals surface area contributed by atoms with Gasteiger partial charge in [-0.2, -0.15) is 0 Å². The quantitative estimate of drug-likeness (QED) is 0.605. The van der Waals surface area contributed by atoms with Gasteiger partial charge in [-0.15, -0.1) is 0 Å². The molecule has 0 bridgehead atoms. The summed E-state index contributed by atoms with van der Waals surface area (Å²) in [5, 5.41) is 16.0. The number of hydrogen-bond donors (Lipinski definition) is 3. The minimum absolute atomic E-state index is 0.140. The molecule has 3 N–H and O–H groups in total. The van der Waals surface area contributed by atoms with E-state index in [0.717, 1.165) is 33.8 Å². The lowest BCUT2D eigenvalue weighted by Gasteiger charge is -2.25. The van der Waals surface area contributed by atoms with E-state index in [9.17, 15) is 9.90 Å². The van der Waals surface area contributed by atoms with Crippen LogP contribution in [0.15, 0.2) is 76.4 Å². The molecule has 0 aromatic heterocycles. The number of aliphatic imine (C=N–C) groups is 1. The predicted molar refractivity (Wildman–Crippen MR) is 113 cm³/mol. The highest BCUT2D eigenvalue weighted by Gasteiger charge is 2.22. The first-order valence-electron chi connectivity index (χ1n) is 8.97. The lowest BCUT2D eigenvalue weighted by atomic mass is 9.97. The number of hydrogen-bond acceptors (Lipinski definition) is 4. The van der Waals surface area contributed by atoms with Gasteiger partial charge in [0.1, 0.15) is 0 Å². The van der Waals surface area contributed by atoms with Crippen molar-refractivity contribution >= 4 is 11.7 Å². The maximum absolute atomic E-state index is 11.5. The summed E-state index contributed by atoms with van der Waals surface area (Å²) in [5.74, 6) is -1.54. The van der Waals surface area contributed by atoms with Crippen LogP contribution in [0.25, 0.3) is 0 Å². The summed E-state index contributed by atoms with van der Waals surface area (Å²) in [7, 11) is 0. The molecule has 5 nitrogen and oxygen atoms in total. The van der Waals surface area contributed by atoms with Crippen molar-refractivity contribution in [2.75, 3.05) is 0 Å². The third-order valence-corrected chi connectivity index (χ3v) is 4.39. The Balaban J connectivity index is 3.35. The average Bonchev–Trinajstić information content (AvgIpc) is 2.59. The van der Waals surface area contributed by atoms with Crippen LogP contribution in [-0.2, 0) is 4.79 Å². The zero-order valence-electron chi connectivity index (χ0n) is 17.2. The lowest BCUT2D eigenvalue weighted by molar-refractivity contribution is -0.140. The number of nitrogens with zero attached hydrogens (tertiary/aromatic N) is 1. The molecule has 0 aromatic carbocycles. The van der Waals surface area contributed by atoms with Crippen LogP contribution in [0.2, 0.25) is 0 Å². The van der Waals surface area contributed by atoms with Crippen molar-refractivity contribution < 1.29 is 9.90 Å². The first-order chi connectivity index (χ1) is 12.6. The summed E-state index contributed by atoms with van der Waals surface area (Å²) in [5.41, 5.74) is 5.94. The molecule has 5 heteroatoms. The normalized spacial score (nSPS) is 26.2. The Morgan fingerprint density at radius 1 is 1.30 bits per heavy atom. The van der Waals surface area contributed by atoms with Crippen molar-refractivity contribution in [1.29, 1.82) is 0 Å². The molecule has 0 spiro atoms. The fourth-order valence-corrected chi connectivity index (χ4v) is 2.82. The smallest absolute Gasteiger partial charge is 0.312 e. The summed E-state index contributed by atoms with van der Waals surface area (Å²) < 4.78 is 0. The Labute approximate surface area is 162 Å². The fraction of sp³-hybridized carbons (Fsp3) is 0.364. The number of nitrogens with one attached hydrogen (secondary N) is 2. The second-order valence-electron chi connectivity index (χ2n) is 6.87. The van der Waals surface area contributed by atoms with Gasteiger partial charge in [0, 0.05) is 29.0 Å². The van der Waals surface area contributed by atoms with Crippen molar-refractivity contribution in [1.82, 2.24) is 10.6 Å². The van der Waals surface area contributed by atoms with Crippen LogP contribution in [0, 0.1) is 5.92 Å². The molecule has 0 saturated heterocycles. The Morgan fingerprint density at radius 3 is 2.48 bits per heavy atom. The minimum Gasteiger partial charge on any atom is -0.481 e. The van der Waals surface area contributed by atoms with Crippen LogP contribution in [-0.4, -0.2) is 22.8 Å². The van der Waals surface area contributed by atoms with Gasteiger partial charge < -0.3 is 15.7 Å². The van der Waals surface area contributed by atoms with Crippen molar-refractivity contribution in [3.05, 3.63) is 71.4 Å². The minimum atomic E-state index is -0.881. The first-order valence-corrected chi connectivity index (χ1v) is 8.97. The van der Waals surface area contributed by atoms with Gasteiger partial charge in [0.25, 0.3) is 0 Å². The molecular formula is C22H31N3O2. The molecule has 2 unspecified atom stereocenters. The van der Waals surface area contributed by atoms with E-state index in [0.29, 0.717) is 5.70 Å². The van der Waals surface area contributed by atoms with E-state index in [4.69, 9.17) is 0 Å². The maximum atomic E-state index is 11.5. The monoisotopic (exact) mass is 369 g/mol. The van der Waals surface area contributed by atoms with Gasteiger partial charge in [-0.25, -0.2) is 0 Å². The van der Waals surface area contributed by atoms with Crippen LogP contribution in [0.4, 0.5) is 0 Å². The van der Waals surface area contributed by atoms with Crippen molar-refractivity contribution in [3.63, 3.8) is 0 Å². The molecule has 146 valence electrons. The van der Waals surface area contributed by atoms with E-state index in [1.54, 1.807) is 13.0 Å². The average molecular weight is 370 g/mol. The van der Waals surface area contributed by atoms with E-state index in [1.165, 1.54) is 0 Å². The highest BCUT2D eigenvalue weighted by Crippen LogP contribution is 2.19. The van der Waals surface area contributed by atoms with E-state index in [1.807, 2.05) is 53.0 Å². The van der Waals surface area contributed by atoms with Gasteiger partial charge in [0.2, 0.25) is 0 Å². The topological polar surface area (TPSA) is 73.7 Å². The standard InChI is InChI=1S/C22H31N3O2/c1-9-14(3)21(17(6)22(26)27)25-19(8)20-10-13(2)12-23-15(4)11-16(5)24-18(20)7/h9-12,17,19,23,25H,1,4H2,2-3,5-8H3,(H,26,27)/b13-12-,16-11-,20-10+,21-14+,24-18-. The number of aliphatic carboxylic acids is 1. The molecule has 0 aromatic rings. The summed E-state index contributed by atoms with van der Waals surface area (Å²) in [4.78, 5) is 16.2. The van der Waals surface area contributed by atoms with Crippen molar-refractivity contribution in [2.24, 2.45) is 10.9 Å². The van der Waals surface area contributed by atoms with Crippen LogP contribution < -0.4 is 10.6 Å². The third kappa shape index (κ3) is 6.44. The summed E-state index contributed by atoms with van der Waals surface area (Å²) in [6.45, 7) is 19.1. The molecule has 27 heavy (non-hydrogen) atoms. The molecule has 1 rings (SSSR count). The summed E-state index contributed by atoms with van der Waals surface area (Å²) in [6, 6.07) is -0.140. The Kier molecular flexibility index (Phi) is 8.03. The number of carboxylic acid groups (broad SMARTS) is 1. The highest BCUT2D eigenvalue weighted by molar-refractivity contribution is 6.00. The fourth-order valence-electron chi connectivity index (χ4n) is 2.82. The van der Waals surface area contributed by atoms with Crippen molar-refractivity contribution in [3.8, 4) is 0 Å². The molecule has 1 aliphatic rings. The third-order valence-electron chi connectivity index (χ3n) is 4.39. The molecule has 2 atom stereocenters. The number of allylic oxidation sites excluding steroid dienone is 6. The molecular weight excluding hydrogens is 338 g/mol. The van der Waals surface area contributed by atoms with Crippen LogP contribution in [0.1, 0.15) is 41.5 Å². The van der Waals surface area contributed by atoms with Gasteiger partial charge in [-0.3, -0.25) is 9.79 Å². The Morgan fingerprint density at radius 2 is 1.93 bits per heavy atom. The molecule has 0 radical (unpaired) electrons. The first kappa shape index (κ1) is 22.2. The molecule has 0 aliphatic carbocycles. The molecule has 1 heterocycles. The van der Waals surface area contributed by atoms with E-state index >= 15 is 0 Å². The SMILES string of the molecule is C=C/C(C)=C(/NC(C)C1=C/C(C)=C\NC(=C)\C=C(C)/N=C\1C)C(C)C(=O)O. The van der Waals surface area contributed by atoms with Crippen LogP contribution in [0.5, 0.6) is 0 Å². The molecule has 0 saturated carbocycles. The van der Waals surface area contributed by atoms with E-state index in [-0.39, 0.29) is 6.04 Å². The van der Waals surface area contributed by atoms with Gasteiger partial charge in [-0.1, -0.05) is 25.3 Å². The maximum Gasteiger partial charge on any atom is 0.312 e. The number of rotatable bonds is 6. The number of carbonyl (C=O) groups is 1. The zero-order valence-corrected chi connectivity index (χ0v) is 17.2. The van der Waals surface area contributed by atoms with Gasteiger partial charge in [0.05, 0.1) is 12.0 Å². The predicted octanol–water partition coefficient (Wildman–Crippen LogP) is 4.46. The number of carboxylic acids is 1. The van der Waals surface area contributed by atoms with Gasteiger partial charge >= 0.3 is 5.97 Å². The lowest BCUT2D eigenvalue weighted by Crippen LogP contribution is -2.35. The molecule has 1 aliphatic heterocycles. The largest absolute Gasteiger partial charge is 0.481 e. The van der Waals surface area contributed by atoms with Crippen LogP contribution >= 0.6 is 0 Å². The van der Waals surface area contributed by atoms with Crippen LogP contribution in [0.3, 0.4) is 0 Å². The second kappa shape index (κ2) is 9.76. The second-order valence-corrected chi connectivity index (χ2v) is 6.87.